The number of nitrogens with zero attached hydrogens (tertiary/aromatic N) is 2. The number of hydrogen-bond donors (Lipinski definition) is 2. The summed E-state index contributed by atoms with van der Waals surface area (Å²) in [4.78, 5) is 16.7. The summed E-state index contributed by atoms with van der Waals surface area (Å²) in [5, 5.41) is 10.9. The molecule has 0 spiro atoms. The third kappa shape index (κ3) is 3.91. The average molecular weight is 473 g/mol. The maximum Gasteiger partial charge on any atom is 0.340 e. The number of hydrogen-bond acceptors (Lipinski definition) is 4. The second-order valence-electron chi connectivity index (χ2n) is 7.67. The SMILES string of the molecule is CCOC(=O)c1c(C[NH+]2CCN(c3ccccc3)CC2)n(C)c2cc(Br)c(O)cc12. The normalized spacial score (nSPS) is 15.0. The maximum absolute atomic E-state index is 12.8. The Hall–Kier alpha value is -2.51. The molecular weight excluding hydrogens is 446 g/mol. The largest absolute Gasteiger partial charge is 0.507 e. The Morgan fingerprint density at radius 3 is 2.57 bits per heavy atom. The lowest BCUT2D eigenvalue weighted by Gasteiger charge is -2.33. The zero-order valence-electron chi connectivity index (χ0n) is 17.3. The fourth-order valence-electron chi connectivity index (χ4n) is 4.27. The summed E-state index contributed by atoms with van der Waals surface area (Å²) in [5.74, 6) is -0.212. The zero-order valence-corrected chi connectivity index (χ0v) is 18.9. The van der Waals surface area contributed by atoms with Gasteiger partial charge in [0.25, 0.3) is 0 Å². The van der Waals surface area contributed by atoms with Crippen molar-refractivity contribution in [1.29, 1.82) is 0 Å². The Kier molecular flexibility index (Phi) is 6.01. The highest BCUT2D eigenvalue weighted by Gasteiger charge is 2.28. The molecule has 0 saturated carbocycles. The Balaban J connectivity index is 1.61. The van der Waals surface area contributed by atoms with Gasteiger partial charge in [-0.3, -0.25) is 0 Å². The van der Waals surface area contributed by atoms with E-state index in [-0.39, 0.29) is 11.7 Å². The Morgan fingerprint density at radius 1 is 1.20 bits per heavy atom. The Bertz CT molecular complexity index is 1060. The fourth-order valence-corrected chi connectivity index (χ4v) is 4.60. The first-order chi connectivity index (χ1) is 14.5. The van der Waals surface area contributed by atoms with Crippen LogP contribution in [0.25, 0.3) is 10.9 Å². The number of aryl methyl sites for hydroxylation is 1. The van der Waals surface area contributed by atoms with Crippen LogP contribution in [-0.2, 0) is 18.3 Å². The summed E-state index contributed by atoms with van der Waals surface area (Å²) in [5.41, 5.74) is 3.67. The van der Waals surface area contributed by atoms with Crippen LogP contribution >= 0.6 is 15.9 Å². The molecule has 2 heterocycles. The first kappa shape index (κ1) is 20.8. The van der Waals surface area contributed by atoms with Gasteiger partial charge in [0.1, 0.15) is 12.3 Å². The highest BCUT2D eigenvalue weighted by molar-refractivity contribution is 9.10. The molecule has 3 aromatic rings. The number of carbonyl (C=O) groups is 1. The summed E-state index contributed by atoms with van der Waals surface area (Å²) in [6.45, 7) is 6.81. The van der Waals surface area contributed by atoms with Crippen LogP contribution in [0.5, 0.6) is 5.75 Å². The van der Waals surface area contributed by atoms with Crippen molar-refractivity contribution in [3.05, 3.63) is 58.2 Å². The van der Waals surface area contributed by atoms with E-state index in [9.17, 15) is 9.90 Å². The predicted molar refractivity (Wildman–Crippen MR) is 121 cm³/mol. The number of ether oxygens (including phenoxy) is 1. The van der Waals surface area contributed by atoms with Crippen molar-refractivity contribution >= 4 is 38.5 Å². The number of fused-ring (bicyclic) bond motifs is 1. The molecule has 0 atom stereocenters. The van der Waals surface area contributed by atoms with Crippen LogP contribution in [0.2, 0.25) is 0 Å². The second kappa shape index (κ2) is 8.70. The van der Waals surface area contributed by atoms with E-state index in [4.69, 9.17) is 4.74 Å². The van der Waals surface area contributed by atoms with Crippen LogP contribution < -0.4 is 9.80 Å². The molecule has 0 unspecified atom stereocenters. The van der Waals surface area contributed by atoms with Gasteiger partial charge in [0.05, 0.1) is 54.0 Å². The molecule has 0 aliphatic carbocycles. The fraction of sp³-hybridized carbons (Fsp3) is 0.348. The van der Waals surface area contributed by atoms with Gasteiger partial charge in [-0.15, -0.1) is 0 Å². The van der Waals surface area contributed by atoms with Crippen molar-refractivity contribution < 1.29 is 19.5 Å². The van der Waals surface area contributed by atoms with E-state index in [2.05, 4.69) is 49.7 Å². The lowest BCUT2D eigenvalue weighted by atomic mass is 10.1. The lowest BCUT2D eigenvalue weighted by molar-refractivity contribution is -0.914. The number of esters is 1. The van der Waals surface area contributed by atoms with Gasteiger partial charge >= 0.3 is 5.97 Å². The van der Waals surface area contributed by atoms with Gasteiger partial charge in [-0.05, 0) is 47.1 Å². The quantitative estimate of drug-likeness (QED) is 0.560. The molecule has 2 aromatic carbocycles. The van der Waals surface area contributed by atoms with Crippen LogP contribution in [0, 0.1) is 0 Å². The van der Waals surface area contributed by atoms with Crippen molar-refractivity contribution in [3.8, 4) is 5.75 Å². The van der Waals surface area contributed by atoms with Gasteiger partial charge in [0.15, 0.2) is 0 Å². The van der Waals surface area contributed by atoms with Crippen molar-refractivity contribution in [1.82, 2.24) is 4.57 Å². The molecule has 4 rings (SSSR count). The van der Waals surface area contributed by atoms with Crippen LogP contribution in [0.3, 0.4) is 0 Å². The summed E-state index contributed by atoms with van der Waals surface area (Å²) in [6.07, 6.45) is 0. The summed E-state index contributed by atoms with van der Waals surface area (Å²) < 4.78 is 8.03. The molecular formula is C23H27BrN3O3+. The highest BCUT2D eigenvalue weighted by Crippen LogP contribution is 2.34. The number of carbonyl (C=O) groups excluding carboxylic acids is 1. The van der Waals surface area contributed by atoms with Crippen LogP contribution in [-0.4, -0.2) is 48.4 Å². The van der Waals surface area contributed by atoms with E-state index in [1.807, 2.05) is 26.1 Å². The van der Waals surface area contributed by atoms with Crippen LogP contribution in [0.15, 0.2) is 46.9 Å². The van der Waals surface area contributed by atoms with E-state index in [1.165, 1.54) is 10.6 Å². The van der Waals surface area contributed by atoms with Crippen molar-refractivity contribution in [2.45, 2.75) is 13.5 Å². The summed E-state index contributed by atoms with van der Waals surface area (Å²) in [7, 11) is 1.98. The topological polar surface area (TPSA) is 59.1 Å². The van der Waals surface area contributed by atoms with Crippen LogP contribution in [0.4, 0.5) is 5.69 Å². The number of halogens is 1. The van der Waals surface area contributed by atoms with E-state index >= 15 is 0 Å². The predicted octanol–water partition coefficient (Wildman–Crippen LogP) is 2.73. The lowest BCUT2D eigenvalue weighted by Crippen LogP contribution is -3.13. The third-order valence-electron chi connectivity index (χ3n) is 5.88. The minimum atomic E-state index is -0.331. The van der Waals surface area contributed by atoms with Crippen molar-refractivity contribution in [3.63, 3.8) is 0 Å². The molecule has 2 N–H and O–H groups in total. The van der Waals surface area contributed by atoms with E-state index in [0.29, 0.717) is 16.6 Å². The number of anilines is 1. The number of para-hydroxylation sites is 1. The molecule has 7 heteroatoms. The first-order valence-corrected chi connectivity index (χ1v) is 11.1. The van der Waals surface area contributed by atoms with Crippen LogP contribution in [0.1, 0.15) is 23.0 Å². The summed E-state index contributed by atoms with van der Waals surface area (Å²) in [6, 6.07) is 14.0. The number of aromatic hydroxyl groups is 1. The highest BCUT2D eigenvalue weighted by atomic mass is 79.9. The molecule has 1 aliphatic rings. The molecule has 1 aromatic heterocycles. The smallest absolute Gasteiger partial charge is 0.340 e. The monoisotopic (exact) mass is 472 g/mol. The Labute approximate surface area is 184 Å². The third-order valence-corrected chi connectivity index (χ3v) is 6.51. The number of quaternary nitrogens is 1. The van der Waals surface area contributed by atoms with Gasteiger partial charge in [0, 0.05) is 18.1 Å². The number of phenols is 1. The molecule has 6 nitrogen and oxygen atoms in total. The number of nitrogens with one attached hydrogen (secondary N) is 1. The van der Waals surface area contributed by atoms with Gasteiger partial charge in [0.2, 0.25) is 0 Å². The number of benzene rings is 2. The number of rotatable bonds is 5. The first-order valence-electron chi connectivity index (χ1n) is 10.3. The molecule has 30 heavy (non-hydrogen) atoms. The zero-order chi connectivity index (χ0) is 21.3. The molecule has 1 fully saturated rings. The molecule has 0 radical (unpaired) electrons. The Morgan fingerprint density at radius 2 is 1.90 bits per heavy atom. The summed E-state index contributed by atoms with van der Waals surface area (Å²) >= 11 is 3.39. The van der Waals surface area contributed by atoms with Crippen molar-refractivity contribution in [2.75, 3.05) is 37.7 Å². The van der Waals surface area contributed by atoms with Gasteiger partial charge in [-0.2, -0.15) is 0 Å². The van der Waals surface area contributed by atoms with E-state index < -0.39 is 0 Å². The molecule has 158 valence electrons. The van der Waals surface area contributed by atoms with E-state index in [1.54, 1.807) is 6.07 Å². The van der Waals surface area contributed by atoms with Crippen molar-refractivity contribution in [2.24, 2.45) is 7.05 Å². The molecule has 1 saturated heterocycles. The van der Waals surface area contributed by atoms with Gasteiger partial charge in [-0.25, -0.2) is 4.79 Å². The molecule has 0 amide bonds. The number of piperazine rings is 1. The molecule has 0 bridgehead atoms. The maximum atomic E-state index is 12.8. The van der Waals surface area contributed by atoms with E-state index in [0.717, 1.165) is 49.3 Å². The number of aromatic nitrogens is 1. The average Bonchev–Trinajstić information content (AvgIpc) is 3.01. The minimum absolute atomic E-state index is 0.119. The number of phenolic OH excluding ortho intramolecular Hbond substituents is 1. The second-order valence-corrected chi connectivity index (χ2v) is 8.53. The standard InChI is InChI=1S/C23H26BrN3O3/c1-3-30-23(29)22-17-13-21(28)18(24)14-19(17)25(2)20(22)15-26-9-11-27(12-10-26)16-7-5-4-6-8-16/h4-8,13-14,28H,3,9-12,15H2,1-2H3/p+1. The van der Waals surface area contributed by atoms with Gasteiger partial charge in [-0.1, -0.05) is 18.2 Å². The van der Waals surface area contributed by atoms with Gasteiger partial charge < -0.3 is 24.2 Å². The molecule has 1 aliphatic heterocycles. The minimum Gasteiger partial charge on any atom is -0.507 e.